The highest BCUT2D eigenvalue weighted by Crippen LogP contribution is 2.35. The van der Waals surface area contributed by atoms with E-state index < -0.39 is 40.8 Å². The Morgan fingerprint density at radius 3 is 2.53 bits per heavy atom. The van der Waals surface area contributed by atoms with Crippen LogP contribution in [0.5, 0.6) is 0 Å². The second kappa shape index (κ2) is 9.13. The number of carbonyl (C=O) groups is 1. The minimum atomic E-state index is -5.00. The molecule has 0 unspecified atom stereocenters. The molecule has 11 heteroatoms. The first-order valence-corrected chi connectivity index (χ1v) is 10.2. The Hall–Kier alpha value is -2.56. The number of hydrogen-bond donors (Lipinski definition) is 1. The van der Waals surface area contributed by atoms with Gasteiger partial charge in [-0.05, 0) is 57.4 Å². The highest BCUT2D eigenvalue weighted by atomic mass is 19.4. The Kier molecular flexibility index (Phi) is 6.87. The average Bonchev–Trinajstić information content (AvgIpc) is 3.17. The molecule has 1 atom stereocenters. The van der Waals surface area contributed by atoms with Crippen molar-refractivity contribution in [2.45, 2.75) is 45.1 Å². The molecule has 0 spiro atoms. The summed E-state index contributed by atoms with van der Waals surface area (Å²) in [6.45, 7) is 5.98. The number of carbonyl (C=O) groups excluding carboxylic acids is 1. The van der Waals surface area contributed by atoms with E-state index in [2.05, 4.69) is 29.2 Å². The predicted molar refractivity (Wildman–Crippen MR) is 105 cm³/mol. The minimum Gasteiger partial charge on any atom is -0.352 e. The van der Waals surface area contributed by atoms with E-state index in [0.29, 0.717) is 16.8 Å². The van der Waals surface area contributed by atoms with Crippen LogP contribution in [0.1, 0.15) is 48.3 Å². The largest absolute Gasteiger partial charge is 0.434 e. The maximum absolute atomic E-state index is 13.8. The van der Waals surface area contributed by atoms with Gasteiger partial charge in [-0.2, -0.15) is 31.4 Å². The number of nitrogens with zero attached hydrogens (tertiary/aromatic N) is 3. The molecular weight excluding hydrogens is 438 g/mol. The maximum Gasteiger partial charge on any atom is 0.434 e. The Morgan fingerprint density at radius 1 is 1.19 bits per heavy atom. The van der Waals surface area contributed by atoms with Gasteiger partial charge in [0, 0.05) is 19.1 Å². The summed E-state index contributed by atoms with van der Waals surface area (Å²) in [5.41, 5.74) is -3.70. The zero-order valence-corrected chi connectivity index (χ0v) is 17.6. The number of halogens is 6. The molecule has 176 valence electrons. The van der Waals surface area contributed by atoms with Crippen molar-refractivity contribution >= 4 is 5.91 Å². The van der Waals surface area contributed by atoms with Gasteiger partial charge in [-0.1, -0.05) is 6.07 Å². The number of aromatic nitrogens is 2. The molecule has 1 aliphatic rings. The van der Waals surface area contributed by atoms with Gasteiger partial charge in [0.25, 0.3) is 5.91 Å². The summed E-state index contributed by atoms with van der Waals surface area (Å²) in [5.74, 6) is -0.861. The van der Waals surface area contributed by atoms with Crippen LogP contribution in [-0.4, -0.2) is 46.3 Å². The Morgan fingerprint density at radius 2 is 1.91 bits per heavy atom. The molecular formula is C21H24F6N4O. The number of rotatable bonds is 5. The lowest BCUT2D eigenvalue weighted by molar-refractivity contribution is -0.143. The van der Waals surface area contributed by atoms with Crippen LogP contribution in [0, 0.1) is 5.92 Å². The first-order chi connectivity index (χ1) is 14.9. The van der Waals surface area contributed by atoms with Gasteiger partial charge in [0.2, 0.25) is 0 Å². The van der Waals surface area contributed by atoms with E-state index in [0.717, 1.165) is 50.3 Å². The number of nitrogens with one attached hydrogen (secondary N) is 1. The van der Waals surface area contributed by atoms with Crippen LogP contribution >= 0.6 is 0 Å². The number of amides is 1. The number of piperidine rings is 1. The molecule has 1 fully saturated rings. The molecule has 3 rings (SSSR count). The summed E-state index contributed by atoms with van der Waals surface area (Å²) >= 11 is 0. The third kappa shape index (κ3) is 5.43. The standard InChI is InChI=1S/C21H24F6N4O/c1-13(2)30-8-4-5-14(12-30)10-28-19(32)17-11-29-31(18(17)21(25,26)27)16-7-3-6-15(9-16)20(22,23)24/h3,6-7,9,11,13-14H,4-5,8,10,12H2,1-2H3,(H,28,32)/t14-/m1/s1. The first-order valence-electron chi connectivity index (χ1n) is 10.2. The number of likely N-dealkylation sites (tertiary alicyclic amines) is 1. The van der Waals surface area contributed by atoms with E-state index in [1.807, 2.05) is 0 Å². The van der Waals surface area contributed by atoms with Crippen molar-refractivity contribution < 1.29 is 31.1 Å². The molecule has 2 aromatic rings. The third-order valence-electron chi connectivity index (χ3n) is 5.53. The normalized spacial score (nSPS) is 18.2. The number of benzene rings is 1. The summed E-state index contributed by atoms with van der Waals surface area (Å²) in [4.78, 5) is 14.8. The zero-order chi connectivity index (χ0) is 23.7. The maximum atomic E-state index is 13.8. The molecule has 1 saturated heterocycles. The van der Waals surface area contributed by atoms with Crippen molar-refractivity contribution in [3.05, 3.63) is 47.3 Å². The first kappa shape index (κ1) is 24.1. The molecule has 1 aliphatic heterocycles. The van der Waals surface area contributed by atoms with Crippen LogP contribution in [0.3, 0.4) is 0 Å². The van der Waals surface area contributed by atoms with E-state index in [4.69, 9.17) is 0 Å². The van der Waals surface area contributed by atoms with E-state index in [9.17, 15) is 31.1 Å². The van der Waals surface area contributed by atoms with Crippen LogP contribution < -0.4 is 5.32 Å². The molecule has 32 heavy (non-hydrogen) atoms. The van der Waals surface area contributed by atoms with Gasteiger partial charge in [0.1, 0.15) is 0 Å². The molecule has 5 nitrogen and oxygen atoms in total. The van der Waals surface area contributed by atoms with Crippen LogP contribution in [0.15, 0.2) is 30.5 Å². The van der Waals surface area contributed by atoms with Gasteiger partial charge in [0.05, 0.1) is 23.0 Å². The summed E-state index contributed by atoms with van der Waals surface area (Å²) in [7, 11) is 0. The molecule has 1 aromatic heterocycles. The number of hydrogen-bond acceptors (Lipinski definition) is 3. The predicted octanol–water partition coefficient (Wildman–Crippen LogP) is 4.76. The van der Waals surface area contributed by atoms with E-state index in [1.165, 1.54) is 0 Å². The van der Waals surface area contributed by atoms with Crippen LogP contribution in [0.4, 0.5) is 26.3 Å². The van der Waals surface area contributed by atoms with Gasteiger partial charge in [-0.25, -0.2) is 4.68 Å². The Labute approximate surface area is 181 Å². The topological polar surface area (TPSA) is 50.2 Å². The lowest BCUT2D eigenvalue weighted by Gasteiger charge is -2.35. The molecule has 0 bridgehead atoms. The smallest absolute Gasteiger partial charge is 0.352 e. The summed E-state index contributed by atoms with van der Waals surface area (Å²) in [6.07, 6.45) is -7.22. The highest BCUT2D eigenvalue weighted by Gasteiger charge is 2.41. The SMILES string of the molecule is CC(C)N1CCC[C@H](CNC(=O)c2cnn(-c3cccc(C(F)(F)F)c3)c2C(F)(F)F)C1. The fourth-order valence-electron chi connectivity index (χ4n) is 3.86. The lowest BCUT2D eigenvalue weighted by Crippen LogP contribution is -2.43. The van der Waals surface area contributed by atoms with Crippen molar-refractivity contribution in [2.75, 3.05) is 19.6 Å². The van der Waals surface area contributed by atoms with Crippen LogP contribution in [-0.2, 0) is 12.4 Å². The second-order valence-electron chi connectivity index (χ2n) is 8.17. The zero-order valence-electron chi connectivity index (χ0n) is 17.6. The molecule has 2 heterocycles. The van der Waals surface area contributed by atoms with Crippen molar-refractivity contribution in [3.63, 3.8) is 0 Å². The van der Waals surface area contributed by atoms with E-state index >= 15 is 0 Å². The van der Waals surface area contributed by atoms with Gasteiger partial charge in [-0.15, -0.1) is 0 Å². The minimum absolute atomic E-state index is 0.1000. The van der Waals surface area contributed by atoms with Crippen molar-refractivity contribution in [3.8, 4) is 5.69 Å². The number of alkyl halides is 6. The molecule has 0 saturated carbocycles. The van der Waals surface area contributed by atoms with Crippen molar-refractivity contribution in [1.82, 2.24) is 20.0 Å². The van der Waals surface area contributed by atoms with Crippen molar-refractivity contribution in [2.24, 2.45) is 5.92 Å². The molecule has 1 N–H and O–H groups in total. The molecule has 1 aromatic carbocycles. The lowest BCUT2D eigenvalue weighted by atomic mass is 9.97. The van der Waals surface area contributed by atoms with Crippen LogP contribution in [0.2, 0.25) is 0 Å². The summed E-state index contributed by atoms with van der Waals surface area (Å²) in [5, 5.41) is 6.13. The molecule has 0 aliphatic carbocycles. The summed E-state index contributed by atoms with van der Waals surface area (Å²) < 4.78 is 80.6. The van der Waals surface area contributed by atoms with Gasteiger partial charge in [0.15, 0.2) is 5.69 Å². The van der Waals surface area contributed by atoms with E-state index in [-0.39, 0.29) is 12.5 Å². The quantitative estimate of drug-likeness (QED) is 0.652. The second-order valence-corrected chi connectivity index (χ2v) is 8.17. The van der Waals surface area contributed by atoms with Gasteiger partial charge in [-0.3, -0.25) is 4.79 Å². The van der Waals surface area contributed by atoms with Crippen LogP contribution in [0.25, 0.3) is 5.69 Å². The van der Waals surface area contributed by atoms with E-state index in [1.54, 1.807) is 0 Å². The fourth-order valence-corrected chi connectivity index (χ4v) is 3.86. The summed E-state index contributed by atoms with van der Waals surface area (Å²) in [6, 6.07) is 3.70. The third-order valence-corrected chi connectivity index (χ3v) is 5.53. The van der Waals surface area contributed by atoms with Gasteiger partial charge >= 0.3 is 12.4 Å². The molecule has 0 radical (unpaired) electrons. The average molecular weight is 462 g/mol. The Bertz CT molecular complexity index is 950. The Balaban J connectivity index is 1.84. The monoisotopic (exact) mass is 462 g/mol. The highest BCUT2D eigenvalue weighted by molar-refractivity contribution is 5.95. The fraction of sp³-hybridized carbons (Fsp3) is 0.524. The van der Waals surface area contributed by atoms with Gasteiger partial charge < -0.3 is 10.2 Å². The molecule has 1 amide bonds. The van der Waals surface area contributed by atoms with Crippen molar-refractivity contribution in [1.29, 1.82) is 0 Å².